The highest BCUT2D eigenvalue weighted by atomic mass is 32.2. The maximum atomic E-state index is 14.7. The molecule has 2 saturated heterocycles. The number of hydrogen-bond acceptors (Lipinski definition) is 17. The molecule has 0 spiro atoms. The van der Waals surface area contributed by atoms with Crippen LogP contribution in [0.5, 0.6) is 0 Å². The molecule has 95 heavy (non-hydrogen) atoms. The van der Waals surface area contributed by atoms with Crippen molar-refractivity contribution in [2.24, 2.45) is 51.0 Å². The van der Waals surface area contributed by atoms with Gasteiger partial charge in [-0.3, -0.25) is 67.3 Å². The number of thioether (sulfide) groups is 1. The number of likely N-dealkylation sites (tertiary alicyclic amines) is 2. The molecule has 0 bridgehead atoms. The summed E-state index contributed by atoms with van der Waals surface area (Å²) in [6, 6.07) is 4.51. The Labute approximate surface area is 558 Å². The van der Waals surface area contributed by atoms with Crippen LogP contribution in [-0.4, -0.2) is 198 Å². The second-order valence-corrected chi connectivity index (χ2v) is 25.1. The molecular weight excluding hydrogens is 1250 g/mol. The van der Waals surface area contributed by atoms with Crippen molar-refractivity contribution in [1.29, 1.82) is 0 Å². The van der Waals surface area contributed by atoms with E-state index in [0.717, 1.165) is 0 Å². The highest BCUT2D eigenvalue weighted by Crippen LogP contribution is 2.24. The number of nitrogens with one attached hydrogen (secondary N) is 8. The van der Waals surface area contributed by atoms with Gasteiger partial charge in [0.15, 0.2) is 5.96 Å². The molecular formula is C63H98N18O13S. The summed E-state index contributed by atoms with van der Waals surface area (Å²) in [5, 5.41) is 21.1. The smallest absolute Gasteiger partial charge is 0.245 e. The van der Waals surface area contributed by atoms with E-state index in [9.17, 15) is 62.3 Å². The molecule has 4 rings (SSSR count). The first-order valence-corrected chi connectivity index (χ1v) is 33.6. The Morgan fingerprint density at radius 1 is 0.537 bits per heavy atom. The fraction of sp³-hybridized carbons (Fsp3) is 0.587. The Bertz CT molecular complexity index is 2960. The summed E-state index contributed by atoms with van der Waals surface area (Å²) in [5.74, 6) is -9.80. The molecule has 0 saturated carbocycles. The Balaban J connectivity index is 1.56. The first-order chi connectivity index (χ1) is 45.2. The second kappa shape index (κ2) is 41.0. The zero-order valence-electron chi connectivity index (χ0n) is 54.5. The van der Waals surface area contributed by atoms with Crippen molar-refractivity contribution in [2.75, 3.05) is 44.7 Å². The number of aliphatic imine (C=N–C) groups is 1. The SMILES string of the molecule is CSCC[C@H](NC(=O)[C@@H](CC(C)C)NC(=O)CNC(=O)[C@@H](Cc1ccccc1)NC(=O)[C@@H](Cc1ccccc1)NC(=O)[C@H](CCC(N)=O)NC(=O)[C@H](CCC(N)=O)NC(=O)[C@@H]1CCCN1C(=O)[C@H](CCCCN)NC(=O)[C@H]1CCCN1C(=O)[C@H](N)CCCN=C(N)N)C(N)=O. The van der Waals surface area contributed by atoms with Gasteiger partial charge in [0.05, 0.1) is 12.6 Å². The highest BCUT2D eigenvalue weighted by molar-refractivity contribution is 7.98. The van der Waals surface area contributed by atoms with E-state index in [1.807, 2.05) is 20.1 Å². The van der Waals surface area contributed by atoms with Gasteiger partial charge in [0, 0.05) is 45.3 Å². The van der Waals surface area contributed by atoms with E-state index in [-0.39, 0.29) is 83.0 Å². The van der Waals surface area contributed by atoms with Crippen LogP contribution in [0.15, 0.2) is 65.7 Å². The van der Waals surface area contributed by atoms with Crippen LogP contribution in [0.3, 0.4) is 0 Å². The summed E-state index contributed by atoms with van der Waals surface area (Å²) in [5.41, 5.74) is 40.6. The summed E-state index contributed by atoms with van der Waals surface area (Å²) < 4.78 is 0. The van der Waals surface area contributed by atoms with Crippen LogP contribution >= 0.6 is 11.8 Å². The third kappa shape index (κ3) is 27.5. The van der Waals surface area contributed by atoms with Crippen molar-refractivity contribution in [3.63, 3.8) is 0 Å². The van der Waals surface area contributed by atoms with Gasteiger partial charge in [-0.1, -0.05) is 74.5 Å². The fourth-order valence-corrected chi connectivity index (χ4v) is 11.5. The van der Waals surface area contributed by atoms with Gasteiger partial charge >= 0.3 is 0 Å². The van der Waals surface area contributed by atoms with Crippen molar-refractivity contribution < 1.29 is 62.3 Å². The van der Waals surface area contributed by atoms with E-state index in [1.54, 1.807) is 60.7 Å². The normalized spacial score (nSPS) is 16.8. The van der Waals surface area contributed by atoms with Crippen molar-refractivity contribution >= 4 is 94.5 Å². The number of primary amides is 3. The van der Waals surface area contributed by atoms with E-state index < -0.39 is 169 Å². The number of nitrogens with two attached hydrogens (primary N) is 7. The Kier molecular flexibility index (Phi) is 33.9. The minimum Gasteiger partial charge on any atom is -0.370 e. The maximum absolute atomic E-state index is 14.7. The predicted molar refractivity (Wildman–Crippen MR) is 356 cm³/mol. The molecule has 2 heterocycles. The number of benzene rings is 2. The molecule has 2 aliphatic rings. The average molecular weight is 1350 g/mol. The minimum absolute atomic E-state index is 0.0736. The van der Waals surface area contributed by atoms with Crippen LogP contribution in [0, 0.1) is 5.92 Å². The standard InChI is InChI=1S/C63H98N18O13S/c1-37(2)33-45(57(89)74-41(53(68)85)27-32-95-3)73-52(84)36-72-54(86)46(34-38-15-6-4-7-16-38)78-58(90)47(35-39-17-8-5-9-18-39)79-56(88)42(23-25-50(66)82)75-55(87)43(24-26-51(67)83)76-59(91)49-22-14-31-81(49)62(94)44(20-10-11-28-64)77-60(92)48-21-13-30-80(48)61(93)40(65)19-12-29-71-63(69)70/h4-9,15-18,37,40-49H,10-14,19-36,64-65H2,1-3H3,(H2,66,82)(H2,67,83)(H2,68,85)(H,72,86)(H,73,84)(H,74,89)(H,75,87)(H,76,91)(H,77,92)(H,78,90)(H,79,88)(H4,69,70,71)/t40-,41+,42+,43+,44+,45-,46-,47-,48-,49+/m1/s1. The lowest BCUT2D eigenvalue weighted by molar-refractivity contribution is -0.144. The zero-order valence-corrected chi connectivity index (χ0v) is 55.3. The summed E-state index contributed by atoms with van der Waals surface area (Å²) in [6.07, 6.45) is 3.12. The van der Waals surface area contributed by atoms with Gasteiger partial charge in [-0.15, -0.1) is 0 Å². The fourth-order valence-electron chi connectivity index (χ4n) is 11.0. The maximum Gasteiger partial charge on any atom is 0.245 e. The van der Waals surface area contributed by atoms with Gasteiger partial charge in [-0.25, -0.2) is 0 Å². The van der Waals surface area contributed by atoms with Crippen LogP contribution in [0.4, 0.5) is 0 Å². The van der Waals surface area contributed by atoms with E-state index >= 15 is 0 Å². The topological polar surface area (TPSA) is 519 Å². The number of rotatable bonds is 42. The molecule has 32 heteroatoms. The summed E-state index contributed by atoms with van der Waals surface area (Å²) in [6.45, 7) is 3.86. The molecule has 0 radical (unpaired) electrons. The molecule has 22 N–H and O–H groups in total. The van der Waals surface area contributed by atoms with Gasteiger partial charge in [-0.05, 0) is 119 Å². The van der Waals surface area contributed by atoms with Gasteiger partial charge in [0.1, 0.15) is 54.4 Å². The highest BCUT2D eigenvalue weighted by Gasteiger charge is 2.42. The molecule has 0 aliphatic carbocycles. The Morgan fingerprint density at radius 3 is 1.51 bits per heavy atom. The Hall–Kier alpha value is -8.91. The summed E-state index contributed by atoms with van der Waals surface area (Å²) in [4.78, 5) is 185. The third-order valence-electron chi connectivity index (χ3n) is 16.0. The molecule has 0 unspecified atom stereocenters. The van der Waals surface area contributed by atoms with E-state index in [1.165, 1.54) is 21.6 Å². The molecule has 31 nitrogen and oxygen atoms in total. The lowest BCUT2D eigenvalue weighted by Gasteiger charge is -2.32. The lowest BCUT2D eigenvalue weighted by atomic mass is 10.0. The first kappa shape index (κ1) is 78.5. The van der Waals surface area contributed by atoms with Gasteiger partial charge in [0.2, 0.25) is 76.8 Å². The molecule has 2 aromatic carbocycles. The second-order valence-electron chi connectivity index (χ2n) is 24.1. The van der Waals surface area contributed by atoms with Crippen LogP contribution in [0.2, 0.25) is 0 Å². The molecule has 2 fully saturated rings. The number of guanidine groups is 1. The van der Waals surface area contributed by atoms with Gasteiger partial charge < -0.3 is 92.5 Å². The Morgan fingerprint density at radius 2 is 1.01 bits per heavy atom. The third-order valence-corrected chi connectivity index (χ3v) is 16.7. The number of hydrogen-bond donors (Lipinski definition) is 15. The van der Waals surface area contributed by atoms with Crippen LogP contribution < -0.4 is 82.7 Å². The monoisotopic (exact) mass is 1350 g/mol. The lowest BCUT2D eigenvalue weighted by Crippen LogP contribution is -2.60. The largest absolute Gasteiger partial charge is 0.370 e. The van der Waals surface area contributed by atoms with Crippen LogP contribution in [0.1, 0.15) is 121 Å². The summed E-state index contributed by atoms with van der Waals surface area (Å²) >= 11 is 1.45. The summed E-state index contributed by atoms with van der Waals surface area (Å²) in [7, 11) is 0. The van der Waals surface area contributed by atoms with E-state index in [2.05, 4.69) is 47.5 Å². The van der Waals surface area contributed by atoms with E-state index in [0.29, 0.717) is 55.4 Å². The number of nitrogens with zero attached hydrogens (tertiary/aromatic N) is 3. The average Bonchev–Trinajstić information content (AvgIpc) is 1.74. The number of carbonyl (C=O) groups excluding carboxylic acids is 13. The van der Waals surface area contributed by atoms with Crippen LogP contribution in [-0.2, 0) is 75.2 Å². The molecule has 10 atom stereocenters. The predicted octanol–water partition coefficient (Wildman–Crippen LogP) is -3.71. The van der Waals surface area contributed by atoms with E-state index in [4.69, 9.17) is 40.1 Å². The van der Waals surface area contributed by atoms with Crippen molar-refractivity contribution in [3.8, 4) is 0 Å². The van der Waals surface area contributed by atoms with Gasteiger partial charge in [0.25, 0.3) is 0 Å². The van der Waals surface area contributed by atoms with Crippen molar-refractivity contribution in [3.05, 3.63) is 71.8 Å². The van der Waals surface area contributed by atoms with Crippen LogP contribution in [0.25, 0.3) is 0 Å². The molecule has 2 aromatic rings. The molecule has 524 valence electrons. The number of carbonyl (C=O) groups is 13. The molecule has 13 amide bonds. The first-order valence-electron chi connectivity index (χ1n) is 32.2. The van der Waals surface area contributed by atoms with Gasteiger partial charge in [-0.2, -0.15) is 11.8 Å². The minimum atomic E-state index is -1.64. The number of unbranched alkanes of at least 4 members (excludes halogenated alkanes) is 1. The molecule has 2 aliphatic heterocycles. The zero-order chi connectivity index (χ0) is 70.1. The number of amides is 13. The van der Waals surface area contributed by atoms with Crippen molar-refractivity contribution in [2.45, 2.75) is 183 Å². The molecule has 0 aromatic heterocycles. The quantitative estimate of drug-likeness (QED) is 0.0173. The van der Waals surface area contributed by atoms with Crippen molar-refractivity contribution in [1.82, 2.24) is 52.3 Å².